The Morgan fingerprint density at radius 2 is 2.12 bits per heavy atom. The van der Waals surface area contributed by atoms with E-state index in [2.05, 4.69) is 43.9 Å². The first-order valence-corrected chi connectivity index (χ1v) is 9.12. The minimum atomic E-state index is -0.562. The summed E-state index contributed by atoms with van der Waals surface area (Å²) in [5.41, 5.74) is 0.147. The van der Waals surface area contributed by atoms with Crippen molar-refractivity contribution in [3.8, 4) is 0 Å². The summed E-state index contributed by atoms with van der Waals surface area (Å²) in [5, 5.41) is 13.8. The van der Waals surface area contributed by atoms with Crippen LogP contribution in [0.3, 0.4) is 0 Å². The Morgan fingerprint density at radius 3 is 2.68 bits per heavy atom. The van der Waals surface area contributed by atoms with E-state index in [0.29, 0.717) is 30.6 Å². The first-order chi connectivity index (χ1) is 11.6. The van der Waals surface area contributed by atoms with Crippen LogP contribution in [0.25, 0.3) is 0 Å². The fraction of sp³-hybridized carbons (Fsp3) is 0.737. The van der Waals surface area contributed by atoms with Gasteiger partial charge in [0.2, 0.25) is 11.8 Å². The van der Waals surface area contributed by atoms with Crippen molar-refractivity contribution < 1.29 is 14.4 Å². The molecule has 1 saturated heterocycles. The number of rotatable bonds is 3. The lowest BCUT2D eigenvalue weighted by molar-refractivity contribution is -0.127. The second kappa shape index (κ2) is 6.24. The van der Waals surface area contributed by atoms with E-state index in [1.165, 1.54) is 6.42 Å². The number of hydrogen-bond acceptors (Lipinski definition) is 5. The maximum absolute atomic E-state index is 12.8. The van der Waals surface area contributed by atoms with Crippen LogP contribution >= 0.6 is 0 Å². The van der Waals surface area contributed by atoms with Crippen molar-refractivity contribution in [3.05, 3.63) is 23.9 Å². The maximum Gasteiger partial charge on any atom is 0.249 e. The number of carbonyl (C=O) groups excluding carboxylic acids is 1. The van der Waals surface area contributed by atoms with Crippen LogP contribution in [0.4, 0.5) is 0 Å². The third-order valence-corrected chi connectivity index (χ3v) is 6.78. The Kier molecular flexibility index (Phi) is 4.52. The molecule has 6 heteroatoms. The van der Waals surface area contributed by atoms with E-state index in [1.807, 2.05) is 0 Å². The van der Waals surface area contributed by atoms with Gasteiger partial charge in [-0.3, -0.25) is 4.79 Å². The molecule has 4 atom stereocenters. The standard InChI is InChI=1S/C19H29N3O3/c1-12-6-8-19(5,18(12,3)4)9-7-16(24)22-11-14(23)10-15(22)17-20-13(2)21-25-17/h7,9,12,14-15,23H,6,8,10-11H2,1-5H3/t12?,14-,15-,19?/m1/s1. The minimum absolute atomic E-state index is 0.00299. The number of aliphatic hydroxyl groups is 1. The highest BCUT2D eigenvalue weighted by atomic mass is 16.5. The molecule has 1 aromatic rings. The smallest absolute Gasteiger partial charge is 0.249 e. The molecule has 0 aromatic carbocycles. The van der Waals surface area contributed by atoms with E-state index in [-0.39, 0.29) is 22.8 Å². The quantitative estimate of drug-likeness (QED) is 0.850. The van der Waals surface area contributed by atoms with Gasteiger partial charge in [0.05, 0.1) is 6.10 Å². The average Bonchev–Trinajstić information content (AvgIpc) is 3.19. The molecule has 138 valence electrons. The zero-order chi connectivity index (χ0) is 18.4. The van der Waals surface area contributed by atoms with Crippen molar-refractivity contribution in [2.45, 2.75) is 66.0 Å². The monoisotopic (exact) mass is 347 g/mol. The molecule has 1 aliphatic heterocycles. The summed E-state index contributed by atoms with van der Waals surface area (Å²) in [6.07, 6.45) is 5.87. The van der Waals surface area contributed by atoms with Crippen molar-refractivity contribution in [1.29, 1.82) is 0 Å². The van der Waals surface area contributed by atoms with Gasteiger partial charge in [-0.05, 0) is 42.6 Å². The zero-order valence-corrected chi connectivity index (χ0v) is 15.8. The summed E-state index contributed by atoms with van der Waals surface area (Å²) in [5.74, 6) is 1.46. The van der Waals surface area contributed by atoms with Gasteiger partial charge in [0.25, 0.3) is 0 Å². The van der Waals surface area contributed by atoms with Crippen LogP contribution in [-0.4, -0.2) is 38.7 Å². The molecule has 1 N–H and O–H groups in total. The lowest BCUT2D eigenvalue weighted by atomic mass is 9.66. The van der Waals surface area contributed by atoms with Gasteiger partial charge in [-0.15, -0.1) is 0 Å². The molecule has 6 nitrogen and oxygen atoms in total. The third kappa shape index (κ3) is 3.12. The highest BCUT2D eigenvalue weighted by molar-refractivity contribution is 5.88. The predicted molar refractivity (Wildman–Crippen MR) is 93.5 cm³/mol. The molecule has 2 heterocycles. The highest BCUT2D eigenvalue weighted by Gasteiger charge is 2.48. The average molecular weight is 347 g/mol. The molecule has 0 bridgehead atoms. The number of aryl methyl sites for hydroxylation is 1. The van der Waals surface area contributed by atoms with E-state index in [1.54, 1.807) is 17.9 Å². The Balaban J connectivity index is 1.78. The van der Waals surface area contributed by atoms with Crippen molar-refractivity contribution in [2.24, 2.45) is 16.7 Å². The summed E-state index contributed by atoms with van der Waals surface area (Å²) >= 11 is 0. The van der Waals surface area contributed by atoms with E-state index in [0.717, 1.165) is 6.42 Å². The molecule has 2 fully saturated rings. The second-order valence-corrected chi connectivity index (χ2v) is 8.49. The largest absolute Gasteiger partial charge is 0.391 e. The topological polar surface area (TPSA) is 79.5 Å². The lowest BCUT2D eigenvalue weighted by Gasteiger charge is -2.39. The van der Waals surface area contributed by atoms with Gasteiger partial charge in [0.15, 0.2) is 5.82 Å². The van der Waals surface area contributed by atoms with Gasteiger partial charge < -0.3 is 14.5 Å². The van der Waals surface area contributed by atoms with Crippen molar-refractivity contribution >= 4 is 5.91 Å². The number of amides is 1. The number of nitrogens with zero attached hydrogens (tertiary/aromatic N) is 3. The van der Waals surface area contributed by atoms with Crippen molar-refractivity contribution in [2.75, 3.05) is 6.54 Å². The molecule has 1 saturated carbocycles. The van der Waals surface area contributed by atoms with Crippen LogP contribution in [0.5, 0.6) is 0 Å². The molecule has 3 rings (SSSR count). The van der Waals surface area contributed by atoms with Crippen LogP contribution in [0, 0.1) is 23.7 Å². The number of allylic oxidation sites excluding steroid dienone is 1. The number of β-amino-alcohol motifs (C(OH)–C–C–N with tert-alkyl or cyclic N) is 1. The van der Waals surface area contributed by atoms with Gasteiger partial charge >= 0.3 is 0 Å². The zero-order valence-electron chi connectivity index (χ0n) is 15.8. The van der Waals surface area contributed by atoms with Crippen LogP contribution in [0.1, 0.15) is 64.7 Å². The number of hydrogen-bond donors (Lipinski definition) is 1. The first kappa shape index (κ1) is 18.1. The van der Waals surface area contributed by atoms with Gasteiger partial charge in [-0.1, -0.05) is 38.9 Å². The predicted octanol–water partition coefficient (Wildman–Crippen LogP) is 3.03. The normalized spacial score (nSPS) is 35.0. The van der Waals surface area contributed by atoms with E-state index >= 15 is 0 Å². The van der Waals surface area contributed by atoms with E-state index < -0.39 is 6.10 Å². The molecular weight excluding hydrogens is 318 g/mol. The van der Waals surface area contributed by atoms with Crippen molar-refractivity contribution in [3.63, 3.8) is 0 Å². The molecule has 1 amide bonds. The fourth-order valence-corrected chi connectivity index (χ4v) is 4.15. The van der Waals surface area contributed by atoms with Gasteiger partial charge in [-0.2, -0.15) is 4.98 Å². The van der Waals surface area contributed by atoms with E-state index in [4.69, 9.17) is 4.52 Å². The number of carbonyl (C=O) groups is 1. The Labute approximate surface area is 149 Å². The molecule has 2 aliphatic rings. The SMILES string of the molecule is Cc1noc([C@H]2C[C@@H](O)CN2C(=O)C=CC2(C)CCC(C)C2(C)C)n1. The molecular formula is C19H29N3O3. The van der Waals surface area contributed by atoms with Crippen LogP contribution in [-0.2, 0) is 4.79 Å². The summed E-state index contributed by atoms with van der Waals surface area (Å²) in [6, 6.07) is -0.350. The Bertz CT molecular complexity index is 681. The van der Waals surface area contributed by atoms with Crippen molar-refractivity contribution in [1.82, 2.24) is 15.0 Å². The summed E-state index contributed by atoms with van der Waals surface area (Å²) < 4.78 is 5.23. The molecule has 2 unspecified atom stereocenters. The molecule has 1 aliphatic carbocycles. The van der Waals surface area contributed by atoms with Crippen LogP contribution < -0.4 is 0 Å². The van der Waals surface area contributed by atoms with E-state index in [9.17, 15) is 9.90 Å². The molecule has 1 aromatic heterocycles. The summed E-state index contributed by atoms with van der Waals surface area (Å²) in [4.78, 5) is 18.7. The summed E-state index contributed by atoms with van der Waals surface area (Å²) in [6.45, 7) is 11.1. The van der Waals surface area contributed by atoms with Gasteiger partial charge in [0, 0.05) is 13.0 Å². The second-order valence-electron chi connectivity index (χ2n) is 8.49. The number of aromatic nitrogens is 2. The van der Waals surface area contributed by atoms with Gasteiger partial charge in [-0.25, -0.2) is 0 Å². The maximum atomic E-state index is 12.8. The van der Waals surface area contributed by atoms with Crippen LogP contribution in [0.2, 0.25) is 0 Å². The molecule has 0 radical (unpaired) electrons. The minimum Gasteiger partial charge on any atom is -0.391 e. The Hall–Kier alpha value is -1.69. The summed E-state index contributed by atoms with van der Waals surface area (Å²) in [7, 11) is 0. The third-order valence-electron chi connectivity index (χ3n) is 6.78. The number of aliphatic hydroxyl groups excluding tert-OH is 1. The Morgan fingerprint density at radius 1 is 1.40 bits per heavy atom. The molecule has 25 heavy (non-hydrogen) atoms. The number of likely N-dealkylation sites (tertiary alicyclic amines) is 1. The lowest BCUT2D eigenvalue weighted by Crippen LogP contribution is -2.33. The van der Waals surface area contributed by atoms with Crippen LogP contribution in [0.15, 0.2) is 16.7 Å². The first-order valence-electron chi connectivity index (χ1n) is 9.12. The van der Waals surface area contributed by atoms with Gasteiger partial charge in [0.1, 0.15) is 6.04 Å². The highest BCUT2D eigenvalue weighted by Crippen LogP contribution is 2.56. The fourth-order valence-electron chi connectivity index (χ4n) is 4.15. The molecule has 0 spiro atoms.